The molecule has 1 aromatic rings. The number of pyridine rings is 1. The van der Waals surface area contributed by atoms with Gasteiger partial charge in [0.15, 0.2) is 0 Å². The molecule has 0 spiro atoms. The third-order valence-corrected chi connectivity index (χ3v) is 5.64. The molecule has 0 unspecified atom stereocenters. The van der Waals surface area contributed by atoms with Crippen molar-refractivity contribution in [1.29, 1.82) is 0 Å². The van der Waals surface area contributed by atoms with Crippen LogP contribution in [0.25, 0.3) is 0 Å². The Kier molecular flexibility index (Phi) is 4.47. The maximum Gasteiger partial charge on any atom is 0.318 e. The number of amides is 3. The van der Waals surface area contributed by atoms with Gasteiger partial charge in [-0.25, -0.2) is 4.79 Å². The van der Waals surface area contributed by atoms with Crippen LogP contribution >= 0.6 is 0 Å². The third-order valence-electron chi connectivity index (χ3n) is 5.64. The van der Waals surface area contributed by atoms with Gasteiger partial charge >= 0.3 is 6.03 Å². The van der Waals surface area contributed by atoms with Crippen LogP contribution in [0.3, 0.4) is 0 Å². The molecule has 1 aliphatic carbocycles. The van der Waals surface area contributed by atoms with Gasteiger partial charge in [0.2, 0.25) is 5.91 Å². The Hall–Kier alpha value is -2.11. The SMILES string of the molecule is C[C@@H](N(C)C(=O)N[C@H]1CCCN(c2cccnc2)C1=O)C1(C)CC1. The van der Waals surface area contributed by atoms with Crippen LogP contribution in [0.15, 0.2) is 24.5 Å². The zero-order chi connectivity index (χ0) is 17.3. The van der Waals surface area contributed by atoms with Gasteiger partial charge in [0.25, 0.3) is 0 Å². The van der Waals surface area contributed by atoms with Crippen LogP contribution in [0.5, 0.6) is 0 Å². The number of hydrogen-bond donors (Lipinski definition) is 1. The summed E-state index contributed by atoms with van der Waals surface area (Å²) in [5.41, 5.74) is 1.01. The number of piperidine rings is 1. The number of anilines is 1. The standard InChI is InChI=1S/C18H26N4O2/c1-13(18(2)8-9-18)21(3)17(24)20-15-7-5-11-22(16(15)23)14-6-4-10-19-12-14/h4,6,10,12-13,15H,5,7-9,11H2,1-3H3,(H,20,24)/t13-,15+/m1/s1. The first-order valence-electron chi connectivity index (χ1n) is 8.67. The molecule has 1 aliphatic heterocycles. The first kappa shape index (κ1) is 16.7. The third kappa shape index (κ3) is 3.23. The lowest BCUT2D eigenvalue weighted by Crippen LogP contribution is -2.56. The Labute approximate surface area is 143 Å². The molecule has 2 fully saturated rings. The van der Waals surface area contributed by atoms with E-state index in [0.29, 0.717) is 13.0 Å². The zero-order valence-electron chi connectivity index (χ0n) is 14.7. The molecule has 1 saturated heterocycles. The number of rotatable bonds is 4. The van der Waals surface area contributed by atoms with E-state index in [-0.39, 0.29) is 23.4 Å². The Morgan fingerprint density at radius 2 is 2.25 bits per heavy atom. The van der Waals surface area contributed by atoms with Crippen molar-refractivity contribution in [2.75, 3.05) is 18.5 Å². The summed E-state index contributed by atoms with van der Waals surface area (Å²) in [5, 5.41) is 2.92. The Bertz CT molecular complexity index is 615. The molecule has 2 heterocycles. The molecular formula is C18H26N4O2. The smallest absolute Gasteiger partial charge is 0.318 e. The Morgan fingerprint density at radius 3 is 2.88 bits per heavy atom. The van der Waals surface area contributed by atoms with Gasteiger partial charge in [-0.05, 0) is 50.2 Å². The first-order chi connectivity index (χ1) is 11.4. The molecular weight excluding hydrogens is 304 g/mol. The fourth-order valence-corrected chi connectivity index (χ4v) is 3.29. The topological polar surface area (TPSA) is 65.5 Å². The largest absolute Gasteiger partial charge is 0.326 e. The summed E-state index contributed by atoms with van der Waals surface area (Å²) in [6.45, 7) is 4.95. The second-order valence-electron chi connectivity index (χ2n) is 7.29. The van der Waals surface area contributed by atoms with E-state index in [1.807, 2.05) is 19.2 Å². The van der Waals surface area contributed by atoms with E-state index in [2.05, 4.69) is 24.1 Å². The van der Waals surface area contributed by atoms with Crippen LogP contribution in [0.2, 0.25) is 0 Å². The van der Waals surface area contributed by atoms with Gasteiger partial charge in [0, 0.05) is 25.8 Å². The summed E-state index contributed by atoms with van der Waals surface area (Å²) in [4.78, 5) is 32.8. The van der Waals surface area contributed by atoms with Gasteiger partial charge in [-0.15, -0.1) is 0 Å². The van der Waals surface area contributed by atoms with Crippen molar-refractivity contribution in [1.82, 2.24) is 15.2 Å². The minimum atomic E-state index is -0.465. The van der Waals surface area contributed by atoms with E-state index in [1.165, 1.54) is 0 Å². The molecule has 2 aliphatic rings. The maximum atomic E-state index is 12.7. The number of carbonyl (C=O) groups is 2. The minimum Gasteiger partial charge on any atom is -0.326 e. The number of carbonyl (C=O) groups excluding carboxylic acids is 2. The average Bonchev–Trinajstić information content (AvgIpc) is 3.35. The van der Waals surface area contributed by atoms with Crippen molar-refractivity contribution in [3.05, 3.63) is 24.5 Å². The molecule has 130 valence electrons. The van der Waals surface area contributed by atoms with Crippen LogP contribution in [-0.2, 0) is 4.79 Å². The summed E-state index contributed by atoms with van der Waals surface area (Å²) in [5.74, 6) is -0.0544. The number of nitrogens with one attached hydrogen (secondary N) is 1. The normalized spacial score (nSPS) is 23.5. The maximum absolute atomic E-state index is 12.7. The summed E-state index contributed by atoms with van der Waals surface area (Å²) in [6, 6.07) is 3.23. The molecule has 0 radical (unpaired) electrons. The zero-order valence-corrected chi connectivity index (χ0v) is 14.7. The predicted octanol–water partition coefficient (Wildman–Crippen LogP) is 2.41. The van der Waals surface area contributed by atoms with E-state index in [9.17, 15) is 9.59 Å². The molecule has 0 aromatic carbocycles. The van der Waals surface area contributed by atoms with E-state index in [4.69, 9.17) is 0 Å². The van der Waals surface area contributed by atoms with Crippen LogP contribution in [0.1, 0.15) is 39.5 Å². The fraction of sp³-hybridized carbons (Fsp3) is 0.611. The number of nitrogens with zero attached hydrogens (tertiary/aromatic N) is 3. The van der Waals surface area contributed by atoms with E-state index in [1.54, 1.807) is 22.2 Å². The van der Waals surface area contributed by atoms with Crippen molar-refractivity contribution >= 4 is 17.6 Å². The number of urea groups is 1. The molecule has 1 N–H and O–H groups in total. The van der Waals surface area contributed by atoms with Crippen molar-refractivity contribution in [3.8, 4) is 0 Å². The quantitative estimate of drug-likeness (QED) is 0.922. The molecule has 1 aromatic heterocycles. The average molecular weight is 330 g/mol. The molecule has 6 nitrogen and oxygen atoms in total. The van der Waals surface area contributed by atoms with Crippen LogP contribution in [0.4, 0.5) is 10.5 Å². The van der Waals surface area contributed by atoms with Crippen molar-refractivity contribution in [3.63, 3.8) is 0 Å². The van der Waals surface area contributed by atoms with Crippen LogP contribution in [0, 0.1) is 5.41 Å². The predicted molar refractivity (Wildman–Crippen MR) is 92.7 cm³/mol. The Morgan fingerprint density at radius 1 is 1.50 bits per heavy atom. The lowest BCUT2D eigenvalue weighted by atomic mass is 10.00. The van der Waals surface area contributed by atoms with Gasteiger partial charge < -0.3 is 15.1 Å². The lowest BCUT2D eigenvalue weighted by Gasteiger charge is -2.35. The van der Waals surface area contributed by atoms with Crippen molar-refractivity contribution < 1.29 is 9.59 Å². The molecule has 1 saturated carbocycles. The van der Waals surface area contributed by atoms with Crippen molar-refractivity contribution in [2.45, 2.75) is 51.6 Å². The number of aromatic nitrogens is 1. The monoisotopic (exact) mass is 330 g/mol. The number of hydrogen-bond acceptors (Lipinski definition) is 3. The summed E-state index contributed by atoms with van der Waals surface area (Å²) >= 11 is 0. The molecule has 6 heteroatoms. The second-order valence-corrected chi connectivity index (χ2v) is 7.29. The highest BCUT2D eigenvalue weighted by Crippen LogP contribution is 2.49. The summed E-state index contributed by atoms with van der Waals surface area (Å²) in [7, 11) is 1.82. The van der Waals surface area contributed by atoms with Gasteiger partial charge in [-0.2, -0.15) is 0 Å². The van der Waals surface area contributed by atoms with Crippen molar-refractivity contribution in [2.24, 2.45) is 5.41 Å². The highest BCUT2D eigenvalue weighted by atomic mass is 16.2. The van der Waals surface area contributed by atoms with Gasteiger partial charge in [-0.1, -0.05) is 6.92 Å². The summed E-state index contributed by atoms with van der Waals surface area (Å²) in [6.07, 6.45) is 7.23. The minimum absolute atomic E-state index is 0.0544. The Balaban J connectivity index is 1.64. The van der Waals surface area contributed by atoms with E-state index in [0.717, 1.165) is 24.9 Å². The van der Waals surface area contributed by atoms with Gasteiger partial charge in [0.1, 0.15) is 6.04 Å². The fourth-order valence-electron chi connectivity index (χ4n) is 3.29. The molecule has 2 atom stereocenters. The first-order valence-corrected chi connectivity index (χ1v) is 8.67. The molecule has 24 heavy (non-hydrogen) atoms. The van der Waals surface area contributed by atoms with E-state index < -0.39 is 6.04 Å². The molecule has 0 bridgehead atoms. The summed E-state index contributed by atoms with van der Waals surface area (Å²) < 4.78 is 0. The lowest BCUT2D eigenvalue weighted by molar-refractivity contribution is -0.121. The van der Waals surface area contributed by atoms with Crippen LogP contribution in [-0.4, -0.2) is 47.5 Å². The highest BCUT2D eigenvalue weighted by Gasteiger charge is 2.45. The highest BCUT2D eigenvalue weighted by molar-refractivity contribution is 5.99. The van der Waals surface area contributed by atoms with Crippen LogP contribution < -0.4 is 10.2 Å². The van der Waals surface area contributed by atoms with Gasteiger partial charge in [-0.3, -0.25) is 9.78 Å². The van der Waals surface area contributed by atoms with Gasteiger partial charge in [0.05, 0.1) is 11.9 Å². The molecule has 3 amide bonds. The van der Waals surface area contributed by atoms with E-state index >= 15 is 0 Å². The molecule has 3 rings (SSSR count). The second kappa shape index (κ2) is 6.42.